The quantitative estimate of drug-likeness (QED) is 0.411. The van der Waals surface area contributed by atoms with Crippen molar-refractivity contribution in [1.82, 2.24) is 0 Å². The van der Waals surface area contributed by atoms with Crippen LogP contribution in [-0.4, -0.2) is 17.0 Å². The molecule has 0 radical (unpaired) electrons. The number of aromatic carboxylic acids is 1. The standard InChI is InChI=1S/C18H28O5/c1-2-3-4-5-6-7-8-9-10-11-17(19)22-14-15-12-13-16(23-15)18(20)21/h12-13H,2-11,14H2,1H3,(H,20,21). The number of rotatable bonds is 13. The summed E-state index contributed by atoms with van der Waals surface area (Å²) in [6.07, 6.45) is 11.2. The van der Waals surface area contributed by atoms with Crippen LogP contribution < -0.4 is 0 Å². The third-order valence-electron chi connectivity index (χ3n) is 3.73. The van der Waals surface area contributed by atoms with Crippen molar-refractivity contribution in [1.29, 1.82) is 0 Å². The van der Waals surface area contributed by atoms with Crippen molar-refractivity contribution in [3.8, 4) is 0 Å². The highest BCUT2D eigenvalue weighted by Crippen LogP contribution is 2.12. The lowest BCUT2D eigenvalue weighted by atomic mass is 10.1. The van der Waals surface area contributed by atoms with E-state index in [2.05, 4.69) is 6.92 Å². The smallest absolute Gasteiger partial charge is 0.371 e. The molecule has 0 atom stereocenters. The Kier molecular flexibility index (Phi) is 9.84. The van der Waals surface area contributed by atoms with Crippen molar-refractivity contribution < 1.29 is 23.8 Å². The van der Waals surface area contributed by atoms with Crippen LogP contribution in [0.1, 0.15) is 87.4 Å². The molecule has 0 fully saturated rings. The van der Waals surface area contributed by atoms with E-state index in [-0.39, 0.29) is 18.3 Å². The number of carbonyl (C=O) groups excluding carboxylic acids is 1. The molecule has 1 aromatic heterocycles. The number of ether oxygens (including phenoxy) is 1. The summed E-state index contributed by atoms with van der Waals surface area (Å²) in [6, 6.07) is 2.86. The molecule has 0 aliphatic rings. The van der Waals surface area contributed by atoms with Gasteiger partial charge in [0.25, 0.3) is 0 Å². The van der Waals surface area contributed by atoms with E-state index in [0.717, 1.165) is 12.8 Å². The number of esters is 1. The van der Waals surface area contributed by atoms with Gasteiger partial charge in [-0.15, -0.1) is 0 Å². The highest BCUT2D eigenvalue weighted by molar-refractivity contribution is 5.84. The Bertz CT molecular complexity index is 464. The number of carboxylic acids is 1. The molecule has 0 spiro atoms. The molecular weight excluding hydrogens is 296 g/mol. The Balaban J connectivity index is 1.98. The van der Waals surface area contributed by atoms with Gasteiger partial charge in [0, 0.05) is 6.42 Å². The lowest BCUT2D eigenvalue weighted by Crippen LogP contribution is -2.04. The van der Waals surface area contributed by atoms with E-state index >= 15 is 0 Å². The first-order chi connectivity index (χ1) is 11.1. The topological polar surface area (TPSA) is 76.7 Å². The van der Waals surface area contributed by atoms with Crippen LogP contribution in [-0.2, 0) is 16.1 Å². The van der Waals surface area contributed by atoms with Gasteiger partial charge in [-0.25, -0.2) is 4.79 Å². The third kappa shape index (κ3) is 9.06. The molecule has 0 aliphatic heterocycles. The molecule has 1 N–H and O–H groups in total. The first-order valence-electron chi connectivity index (χ1n) is 8.61. The average Bonchev–Trinajstić information content (AvgIpc) is 3.00. The van der Waals surface area contributed by atoms with E-state index in [1.54, 1.807) is 0 Å². The number of hydrogen-bond acceptors (Lipinski definition) is 4. The van der Waals surface area contributed by atoms with E-state index in [1.807, 2.05) is 0 Å². The molecule has 0 saturated carbocycles. The van der Waals surface area contributed by atoms with Crippen molar-refractivity contribution >= 4 is 11.9 Å². The average molecular weight is 324 g/mol. The highest BCUT2D eigenvalue weighted by Gasteiger charge is 2.10. The van der Waals surface area contributed by atoms with Crippen LogP contribution in [0.15, 0.2) is 16.5 Å². The van der Waals surface area contributed by atoms with Crippen molar-refractivity contribution in [2.24, 2.45) is 0 Å². The van der Waals surface area contributed by atoms with E-state index in [1.165, 1.54) is 57.1 Å². The summed E-state index contributed by atoms with van der Waals surface area (Å²) in [6.45, 7) is 2.21. The maximum Gasteiger partial charge on any atom is 0.371 e. The van der Waals surface area contributed by atoms with Crippen LogP contribution >= 0.6 is 0 Å². The molecule has 0 aromatic carbocycles. The fraction of sp³-hybridized carbons (Fsp3) is 0.667. The van der Waals surface area contributed by atoms with Crippen LogP contribution in [0.2, 0.25) is 0 Å². The molecule has 1 heterocycles. The van der Waals surface area contributed by atoms with Gasteiger partial charge in [-0.05, 0) is 18.6 Å². The van der Waals surface area contributed by atoms with Crippen LogP contribution in [0.3, 0.4) is 0 Å². The third-order valence-corrected chi connectivity index (χ3v) is 3.73. The molecule has 0 unspecified atom stereocenters. The fourth-order valence-electron chi connectivity index (χ4n) is 2.37. The molecule has 23 heavy (non-hydrogen) atoms. The highest BCUT2D eigenvalue weighted by atomic mass is 16.5. The molecule has 0 bridgehead atoms. The monoisotopic (exact) mass is 324 g/mol. The van der Waals surface area contributed by atoms with Crippen LogP contribution in [0.4, 0.5) is 0 Å². The molecule has 1 aromatic rings. The number of unbranched alkanes of at least 4 members (excludes halogenated alkanes) is 8. The summed E-state index contributed by atoms with van der Waals surface area (Å²) >= 11 is 0. The minimum absolute atomic E-state index is 0.0104. The van der Waals surface area contributed by atoms with E-state index in [0.29, 0.717) is 12.2 Å². The summed E-state index contributed by atoms with van der Waals surface area (Å²) in [5, 5.41) is 8.72. The molecule has 5 heteroatoms. The normalized spacial score (nSPS) is 10.7. The van der Waals surface area contributed by atoms with Gasteiger partial charge in [0.15, 0.2) is 0 Å². The Morgan fingerprint density at radius 2 is 1.61 bits per heavy atom. The van der Waals surface area contributed by atoms with E-state index in [4.69, 9.17) is 14.3 Å². The molecular formula is C18H28O5. The molecule has 130 valence electrons. The van der Waals surface area contributed by atoms with E-state index < -0.39 is 5.97 Å². The predicted octanol–water partition coefficient (Wildman–Crippen LogP) is 4.94. The number of carboxylic acid groups (broad SMARTS) is 1. The van der Waals surface area contributed by atoms with Gasteiger partial charge in [-0.1, -0.05) is 58.3 Å². The Morgan fingerprint density at radius 1 is 1.00 bits per heavy atom. The van der Waals surface area contributed by atoms with Crippen LogP contribution in [0.5, 0.6) is 0 Å². The van der Waals surface area contributed by atoms with E-state index in [9.17, 15) is 9.59 Å². The zero-order valence-corrected chi connectivity index (χ0v) is 14.0. The lowest BCUT2D eigenvalue weighted by molar-refractivity contribution is -0.145. The minimum Gasteiger partial charge on any atom is -0.475 e. The summed E-state index contributed by atoms with van der Waals surface area (Å²) < 4.78 is 10.1. The zero-order chi connectivity index (χ0) is 16.9. The maximum absolute atomic E-state index is 11.6. The van der Waals surface area contributed by atoms with Gasteiger partial charge < -0.3 is 14.3 Å². The Hall–Kier alpha value is -1.78. The molecule has 0 saturated heterocycles. The van der Waals surface area contributed by atoms with Gasteiger partial charge in [0.05, 0.1) is 0 Å². The first-order valence-corrected chi connectivity index (χ1v) is 8.61. The summed E-state index contributed by atoms with van der Waals surface area (Å²) in [5.41, 5.74) is 0. The van der Waals surface area contributed by atoms with Crippen molar-refractivity contribution in [3.05, 3.63) is 23.7 Å². The summed E-state index contributed by atoms with van der Waals surface area (Å²) in [4.78, 5) is 22.2. The zero-order valence-electron chi connectivity index (χ0n) is 14.0. The van der Waals surface area contributed by atoms with Gasteiger partial charge in [-0.2, -0.15) is 0 Å². The summed E-state index contributed by atoms with van der Waals surface area (Å²) in [5.74, 6) is -1.18. The molecule has 0 aliphatic carbocycles. The van der Waals surface area contributed by atoms with Crippen LogP contribution in [0, 0.1) is 0 Å². The molecule has 1 rings (SSSR count). The molecule has 5 nitrogen and oxygen atoms in total. The predicted molar refractivity (Wildman–Crippen MR) is 87.3 cm³/mol. The summed E-state index contributed by atoms with van der Waals surface area (Å²) in [7, 11) is 0. The SMILES string of the molecule is CCCCCCCCCCCC(=O)OCc1ccc(C(=O)O)o1. The van der Waals surface area contributed by atoms with Gasteiger partial charge in [-0.3, -0.25) is 4.79 Å². The van der Waals surface area contributed by atoms with Gasteiger partial charge >= 0.3 is 11.9 Å². The Labute approximate surface area is 138 Å². The second-order valence-electron chi connectivity index (χ2n) is 5.81. The van der Waals surface area contributed by atoms with Crippen molar-refractivity contribution in [2.75, 3.05) is 0 Å². The number of carbonyl (C=O) groups is 2. The van der Waals surface area contributed by atoms with Crippen molar-refractivity contribution in [3.63, 3.8) is 0 Å². The maximum atomic E-state index is 11.6. The largest absolute Gasteiger partial charge is 0.475 e. The number of hydrogen-bond donors (Lipinski definition) is 1. The van der Waals surface area contributed by atoms with Gasteiger partial charge in [0.1, 0.15) is 12.4 Å². The van der Waals surface area contributed by atoms with Crippen molar-refractivity contribution in [2.45, 2.75) is 77.7 Å². The Morgan fingerprint density at radius 3 is 2.17 bits per heavy atom. The fourth-order valence-corrected chi connectivity index (χ4v) is 2.37. The second-order valence-corrected chi connectivity index (χ2v) is 5.81. The first kappa shape index (κ1) is 19.3. The number of furan rings is 1. The second kappa shape index (κ2) is 11.7. The van der Waals surface area contributed by atoms with Gasteiger partial charge in [0.2, 0.25) is 5.76 Å². The minimum atomic E-state index is -1.13. The van der Waals surface area contributed by atoms with Crippen LogP contribution in [0.25, 0.3) is 0 Å². The molecule has 0 amide bonds. The lowest BCUT2D eigenvalue weighted by Gasteiger charge is -2.03.